The molecule has 0 amide bonds. The topological polar surface area (TPSA) is 58.3 Å². The standard InChI is InChI=1S/C13H21N5S2/c1-13(2,12(14)19)18-6-4-17(5-7-18)10-8-11(20-3)16-9-15-10/h8-9H,4-7H2,1-3H3,(H2,14,19). The number of piperazine rings is 1. The first kappa shape index (κ1) is 15.5. The summed E-state index contributed by atoms with van der Waals surface area (Å²) in [6.07, 6.45) is 3.65. The van der Waals surface area contributed by atoms with Crippen molar-refractivity contribution in [2.24, 2.45) is 5.73 Å². The maximum Gasteiger partial charge on any atom is 0.133 e. The third-order valence-corrected chi connectivity index (χ3v) is 4.97. The van der Waals surface area contributed by atoms with Gasteiger partial charge in [-0.1, -0.05) is 12.2 Å². The van der Waals surface area contributed by atoms with Crippen molar-refractivity contribution in [2.45, 2.75) is 24.4 Å². The van der Waals surface area contributed by atoms with Crippen molar-refractivity contribution in [1.29, 1.82) is 0 Å². The molecule has 5 nitrogen and oxygen atoms in total. The molecule has 1 fully saturated rings. The SMILES string of the molecule is CSc1cc(N2CCN(C(C)(C)C(N)=S)CC2)ncn1. The number of anilines is 1. The third-order valence-electron chi connectivity index (χ3n) is 3.83. The minimum Gasteiger partial charge on any atom is -0.392 e. The van der Waals surface area contributed by atoms with Crippen LogP contribution in [0.15, 0.2) is 17.4 Å². The highest BCUT2D eigenvalue weighted by molar-refractivity contribution is 7.98. The van der Waals surface area contributed by atoms with Gasteiger partial charge in [0.25, 0.3) is 0 Å². The van der Waals surface area contributed by atoms with E-state index in [0.717, 1.165) is 37.0 Å². The molecule has 1 aromatic rings. The molecule has 7 heteroatoms. The Balaban J connectivity index is 2.02. The molecular weight excluding hydrogens is 290 g/mol. The first-order valence-electron chi connectivity index (χ1n) is 6.61. The van der Waals surface area contributed by atoms with Crippen molar-refractivity contribution in [1.82, 2.24) is 14.9 Å². The van der Waals surface area contributed by atoms with Crippen LogP contribution in [0.5, 0.6) is 0 Å². The van der Waals surface area contributed by atoms with E-state index in [1.54, 1.807) is 18.1 Å². The highest BCUT2D eigenvalue weighted by Crippen LogP contribution is 2.22. The van der Waals surface area contributed by atoms with Gasteiger partial charge in [0.1, 0.15) is 17.2 Å². The number of thioether (sulfide) groups is 1. The molecule has 0 saturated carbocycles. The molecule has 1 saturated heterocycles. The van der Waals surface area contributed by atoms with Crippen LogP contribution in [0.25, 0.3) is 0 Å². The second-order valence-corrected chi connectivity index (χ2v) is 6.58. The Bertz CT molecular complexity index is 483. The summed E-state index contributed by atoms with van der Waals surface area (Å²) in [5, 5.41) is 1.00. The van der Waals surface area contributed by atoms with Crippen LogP contribution < -0.4 is 10.6 Å². The van der Waals surface area contributed by atoms with Crippen LogP contribution in [-0.4, -0.2) is 57.8 Å². The summed E-state index contributed by atoms with van der Waals surface area (Å²) in [4.78, 5) is 13.8. The second-order valence-electron chi connectivity index (χ2n) is 5.32. The quantitative estimate of drug-likeness (QED) is 0.512. The lowest BCUT2D eigenvalue weighted by molar-refractivity contribution is 0.168. The lowest BCUT2D eigenvalue weighted by Crippen LogP contribution is -2.59. The van der Waals surface area contributed by atoms with Crippen molar-refractivity contribution in [2.75, 3.05) is 37.3 Å². The monoisotopic (exact) mass is 311 g/mol. The zero-order chi connectivity index (χ0) is 14.8. The number of thiocarbonyl (C=S) groups is 1. The number of hydrogen-bond acceptors (Lipinski definition) is 6. The summed E-state index contributed by atoms with van der Waals surface area (Å²) < 4.78 is 0. The average Bonchev–Trinajstić information content (AvgIpc) is 2.47. The Kier molecular flexibility index (Phi) is 4.82. The second kappa shape index (κ2) is 6.24. The van der Waals surface area contributed by atoms with Crippen molar-refractivity contribution in [3.05, 3.63) is 12.4 Å². The molecule has 0 unspecified atom stereocenters. The zero-order valence-corrected chi connectivity index (χ0v) is 13.8. The summed E-state index contributed by atoms with van der Waals surface area (Å²) in [5.74, 6) is 0.997. The molecule has 110 valence electrons. The van der Waals surface area contributed by atoms with E-state index < -0.39 is 0 Å². The molecule has 1 aliphatic heterocycles. The Morgan fingerprint density at radius 1 is 1.30 bits per heavy atom. The van der Waals surface area contributed by atoms with Crippen molar-refractivity contribution >= 4 is 34.8 Å². The predicted octanol–water partition coefficient (Wildman–Crippen LogP) is 1.39. The van der Waals surface area contributed by atoms with Gasteiger partial charge in [0.05, 0.1) is 10.5 Å². The minimum atomic E-state index is -0.225. The fraction of sp³-hybridized carbons (Fsp3) is 0.615. The van der Waals surface area contributed by atoms with E-state index in [4.69, 9.17) is 18.0 Å². The number of rotatable bonds is 4. The van der Waals surface area contributed by atoms with Gasteiger partial charge in [0.2, 0.25) is 0 Å². The van der Waals surface area contributed by atoms with E-state index in [-0.39, 0.29) is 5.54 Å². The maximum absolute atomic E-state index is 5.84. The maximum atomic E-state index is 5.84. The van der Waals surface area contributed by atoms with Gasteiger partial charge in [-0.2, -0.15) is 0 Å². The molecular formula is C13H21N5S2. The molecule has 0 aromatic carbocycles. The zero-order valence-electron chi connectivity index (χ0n) is 12.2. The molecule has 0 bridgehead atoms. The molecule has 2 N–H and O–H groups in total. The van der Waals surface area contributed by atoms with Crippen molar-refractivity contribution in [3.63, 3.8) is 0 Å². The molecule has 0 aliphatic carbocycles. The Labute approximate surface area is 129 Å². The Morgan fingerprint density at radius 3 is 2.50 bits per heavy atom. The molecule has 0 spiro atoms. The summed E-state index contributed by atoms with van der Waals surface area (Å²) in [6.45, 7) is 7.89. The molecule has 2 rings (SSSR count). The van der Waals surface area contributed by atoms with E-state index in [9.17, 15) is 0 Å². The normalized spacial score (nSPS) is 17.2. The number of aromatic nitrogens is 2. The lowest BCUT2D eigenvalue weighted by Gasteiger charge is -2.43. The highest BCUT2D eigenvalue weighted by Gasteiger charge is 2.32. The molecule has 1 aliphatic rings. The smallest absolute Gasteiger partial charge is 0.133 e. The minimum absolute atomic E-state index is 0.225. The predicted molar refractivity (Wildman–Crippen MR) is 88.5 cm³/mol. The van der Waals surface area contributed by atoms with Gasteiger partial charge in [0, 0.05) is 32.2 Å². The van der Waals surface area contributed by atoms with E-state index in [2.05, 4.69) is 33.6 Å². The van der Waals surface area contributed by atoms with E-state index in [0.29, 0.717) is 4.99 Å². The summed E-state index contributed by atoms with van der Waals surface area (Å²) in [5.41, 5.74) is 5.61. The first-order chi connectivity index (χ1) is 9.45. The largest absolute Gasteiger partial charge is 0.392 e. The van der Waals surface area contributed by atoms with Gasteiger partial charge in [-0.3, -0.25) is 4.90 Å². The van der Waals surface area contributed by atoms with E-state index >= 15 is 0 Å². The van der Waals surface area contributed by atoms with Crippen LogP contribution in [0.4, 0.5) is 5.82 Å². The molecule has 20 heavy (non-hydrogen) atoms. The van der Waals surface area contributed by atoms with Crippen molar-refractivity contribution in [3.8, 4) is 0 Å². The fourth-order valence-electron chi connectivity index (χ4n) is 2.26. The van der Waals surface area contributed by atoms with Gasteiger partial charge in [-0.05, 0) is 20.1 Å². The molecule has 2 heterocycles. The number of nitrogens with two attached hydrogens (primary N) is 1. The summed E-state index contributed by atoms with van der Waals surface area (Å²) >= 11 is 6.80. The lowest BCUT2D eigenvalue weighted by atomic mass is 10.0. The molecule has 1 aromatic heterocycles. The van der Waals surface area contributed by atoms with Crippen LogP contribution in [-0.2, 0) is 0 Å². The third kappa shape index (κ3) is 3.21. The Morgan fingerprint density at radius 2 is 1.95 bits per heavy atom. The van der Waals surface area contributed by atoms with Gasteiger partial charge >= 0.3 is 0 Å². The molecule has 0 radical (unpaired) electrons. The number of nitrogens with zero attached hydrogens (tertiary/aromatic N) is 4. The van der Waals surface area contributed by atoms with E-state index in [1.165, 1.54) is 0 Å². The average molecular weight is 311 g/mol. The van der Waals surface area contributed by atoms with Crippen LogP contribution >= 0.6 is 24.0 Å². The van der Waals surface area contributed by atoms with Crippen LogP contribution in [0.3, 0.4) is 0 Å². The summed E-state index contributed by atoms with van der Waals surface area (Å²) in [6, 6.07) is 2.04. The Hall–Kier alpha value is -0.920. The van der Waals surface area contributed by atoms with E-state index in [1.807, 2.05) is 12.3 Å². The van der Waals surface area contributed by atoms with Gasteiger partial charge in [0.15, 0.2) is 0 Å². The first-order valence-corrected chi connectivity index (χ1v) is 8.24. The van der Waals surface area contributed by atoms with Crippen molar-refractivity contribution < 1.29 is 0 Å². The van der Waals surface area contributed by atoms with Crippen LogP contribution in [0.2, 0.25) is 0 Å². The fourth-order valence-corrected chi connectivity index (χ4v) is 2.77. The van der Waals surface area contributed by atoms with Crippen LogP contribution in [0.1, 0.15) is 13.8 Å². The van der Waals surface area contributed by atoms with Gasteiger partial charge in [-0.15, -0.1) is 11.8 Å². The summed E-state index contributed by atoms with van der Waals surface area (Å²) in [7, 11) is 0. The molecule has 0 atom stereocenters. The van der Waals surface area contributed by atoms with Gasteiger partial charge < -0.3 is 10.6 Å². The van der Waals surface area contributed by atoms with Gasteiger partial charge in [-0.25, -0.2) is 9.97 Å². The number of hydrogen-bond donors (Lipinski definition) is 1. The highest BCUT2D eigenvalue weighted by atomic mass is 32.2. The van der Waals surface area contributed by atoms with Crippen LogP contribution in [0, 0.1) is 0 Å².